The molecule has 3 amide bonds. The molecule has 0 radical (unpaired) electrons. The molecule has 0 aromatic heterocycles. The van der Waals surface area contributed by atoms with Gasteiger partial charge in [0, 0.05) is 17.3 Å². The number of rotatable bonds is 10. The Bertz CT molecular complexity index is 1070. The third-order valence-corrected chi connectivity index (χ3v) is 10.7. The molecule has 3 aliphatic heterocycles. The fraction of sp³-hybridized carbons (Fsp3) is 0.710. The van der Waals surface area contributed by atoms with Crippen LogP contribution in [0.2, 0.25) is 0 Å². The molecular formula is C31H47N3O4S. The van der Waals surface area contributed by atoms with E-state index in [-0.39, 0.29) is 40.9 Å². The van der Waals surface area contributed by atoms with Gasteiger partial charge in [-0.05, 0) is 56.4 Å². The van der Waals surface area contributed by atoms with E-state index in [0.717, 1.165) is 24.8 Å². The highest BCUT2D eigenvalue weighted by atomic mass is 32.2. The van der Waals surface area contributed by atoms with Crippen molar-refractivity contribution < 1.29 is 19.5 Å². The molecular weight excluding hydrogens is 510 g/mol. The number of carbonyl (C=O) groups is 3. The van der Waals surface area contributed by atoms with Crippen molar-refractivity contribution >= 4 is 29.5 Å². The second-order valence-electron chi connectivity index (χ2n) is 13.7. The molecule has 216 valence electrons. The number of benzene rings is 1. The van der Waals surface area contributed by atoms with Gasteiger partial charge in [-0.3, -0.25) is 14.4 Å². The number of amides is 3. The van der Waals surface area contributed by atoms with E-state index in [9.17, 15) is 19.5 Å². The van der Waals surface area contributed by atoms with Gasteiger partial charge < -0.3 is 20.6 Å². The molecule has 4 rings (SSSR count). The summed E-state index contributed by atoms with van der Waals surface area (Å²) < 4.78 is -0.706. The zero-order valence-electron chi connectivity index (χ0n) is 24.6. The van der Waals surface area contributed by atoms with Crippen molar-refractivity contribution in [1.29, 1.82) is 0 Å². The number of carbonyl (C=O) groups excluding carboxylic acids is 3. The van der Waals surface area contributed by atoms with Crippen molar-refractivity contribution in [1.82, 2.24) is 15.5 Å². The molecule has 0 saturated carbocycles. The molecule has 3 aliphatic rings. The zero-order valence-corrected chi connectivity index (χ0v) is 25.4. The SMILES string of the molecule is CCCNC(=O)[C@@H]1[C@H]2C(=O)N([C@@H](CO)Cc3ccccc3)C(C(=O)NC(C)(C)CC(C)(C)C)C23S[C@@H]1CC3C. The number of fused-ring (bicyclic) bond motifs is 1. The number of likely N-dealkylation sites (tertiary alicyclic amines) is 1. The Hall–Kier alpha value is -2.06. The highest BCUT2D eigenvalue weighted by molar-refractivity contribution is 8.02. The lowest BCUT2D eigenvalue weighted by Crippen LogP contribution is -2.61. The maximum Gasteiger partial charge on any atom is 0.244 e. The van der Waals surface area contributed by atoms with Crippen LogP contribution in [0.5, 0.6) is 0 Å². The van der Waals surface area contributed by atoms with Crippen molar-refractivity contribution in [3.63, 3.8) is 0 Å². The molecule has 1 aromatic rings. The van der Waals surface area contributed by atoms with E-state index in [0.29, 0.717) is 13.0 Å². The Morgan fingerprint density at radius 2 is 1.82 bits per heavy atom. The summed E-state index contributed by atoms with van der Waals surface area (Å²) in [5.41, 5.74) is 0.503. The van der Waals surface area contributed by atoms with E-state index in [1.165, 1.54) is 0 Å². The van der Waals surface area contributed by atoms with Crippen LogP contribution in [0, 0.1) is 23.2 Å². The smallest absolute Gasteiger partial charge is 0.244 e. The van der Waals surface area contributed by atoms with Gasteiger partial charge in [0.15, 0.2) is 0 Å². The summed E-state index contributed by atoms with van der Waals surface area (Å²) in [4.78, 5) is 44.0. The molecule has 3 saturated heterocycles. The van der Waals surface area contributed by atoms with Crippen LogP contribution >= 0.6 is 11.8 Å². The lowest BCUT2D eigenvalue weighted by Gasteiger charge is -2.42. The van der Waals surface area contributed by atoms with Crippen molar-refractivity contribution in [2.45, 2.75) is 102 Å². The van der Waals surface area contributed by atoms with E-state index < -0.39 is 34.2 Å². The number of nitrogens with one attached hydrogen (secondary N) is 2. The first-order valence-electron chi connectivity index (χ1n) is 14.5. The molecule has 3 heterocycles. The molecule has 3 N–H and O–H groups in total. The third-order valence-electron chi connectivity index (χ3n) is 8.64. The predicted molar refractivity (Wildman–Crippen MR) is 156 cm³/mol. The number of hydrogen-bond donors (Lipinski definition) is 3. The van der Waals surface area contributed by atoms with Gasteiger partial charge in [0.05, 0.1) is 29.2 Å². The standard InChI is InChI=1S/C31H47N3O4S/c1-8-14-32-26(36)23-22-15-19(2)31(39-22)24(23)28(38)34(21(17-35)16-20-12-10-9-11-13-20)25(31)27(37)33-30(6,7)18-29(3,4)5/h9-13,19,21-25,35H,8,14-18H2,1-7H3,(H,32,36)(H,33,37)/t19?,21-,22-,23+,24+,25?,31?/m1/s1. The van der Waals surface area contributed by atoms with Gasteiger partial charge in [0.25, 0.3) is 0 Å². The first kappa shape index (κ1) is 29.9. The first-order valence-corrected chi connectivity index (χ1v) is 15.4. The average Bonchev–Trinajstić information content (AvgIpc) is 3.43. The van der Waals surface area contributed by atoms with E-state index in [1.807, 2.05) is 51.1 Å². The Labute approximate surface area is 238 Å². The molecule has 1 aromatic carbocycles. The highest BCUT2D eigenvalue weighted by Crippen LogP contribution is 2.68. The van der Waals surface area contributed by atoms with Crippen molar-refractivity contribution in [2.75, 3.05) is 13.2 Å². The number of thioether (sulfide) groups is 1. The summed E-state index contributed by atoms with van der Waals surface area (Å²) in [6.45, 7) is 15.0. The zero-order chi connectivity index (χ0) is 28.8. The fourth-order valence-corrected chi connectivity index (χ4v) is 10.1. The van der Waals surface area contributed by atoms with Crippen LogP contribution < -0.4 is 10.6 Å². The van der Waals surface area contributed by atoms with Crippen LogP contribution in [0.1, 0.15) is 73.3 Å². The molecule has 3 unspecified atom stereocenters. The van der Waals surface area contributed by atoms with Crippen LogP contribution in [0.4, 0.5) is 0 Å². The molecule has 7 nitrogen and oxygen atoms in total. The van der Waals surface area contributed by atoms with E-state index in [1.54, 1.807) is 16.7 Å². The van der Waals surface area contributed by atoms with Gasteiger partial charge in [-0.1, -0.05) is 65.0 Å². The first-order chi connectivity index (χ1) is 18.3. The van der Waals surface area contributed by atoms with Gasteiger partial charge >= 0.3 is 0 Å². The van der Waals surface area contributed by atoms with E-state index in [2.05, 4.69) is 38.3 Å². The number of aliphatic hydroxyl groups is 1. The average molecular weight is 558 g/mol. The molecule has 39 heavy (non-hydrogen) atoms. The quantitative estimate of drug-likeness (QED) is 0.407. The minimum atomic E-state index is -0.760. The summed E-state index contributed by atoms with van der Waals surface area (Å²) in [6.07, 6.45) is 2.82. The van der Waals surface area contributed by atoms with Gasteiger partial charge in [-0.25, -0.2) is 0 Å². The lowest BCUT2D eigenvalue weighted by atomic mass is 9.65. The van der Waals surface area contributed by atoms with Crippen LogP contribution in [0.3, 0.4) is 0 Å². The van der Waals surface area contributed by atoms with Crippen molar-refractivity contribution in [3.05, 3.63) is 35.9 Å². The van der Waals surface area contributed by atoms with Crippen LogP contribution in [0.25, 0.3) is 0 Å². The van der Waals surface area contributed by atoms with Crippen LogP contribution in [0.15, 0.2) is 30.3 Å². The topological polar surface area (TPSA) is 98.7 Å². The number of aliphatic hydroxyl groups excluding tert-OH is 1. The van der Waals surface area contributed by atoms with E-state index in [4.69, 9.17) is 0 Å². The van der Waals surface area contributed by atoms with Gasteiger partial charge in [-0.15, -0.1) is 11.8 Å². The minimum Gasteiger partial charge on any atom is -0.394 e. The number of nitrogens with zero attached hydrogens (tertiary/aromatic N) is 1. The van der Waals surface area contributed by atoms with E-state index >= 15 is 0 Å². The lowest BCUT2D eigenvalue weighted by molar-refractivity contribution is -0.143. The second kappa shape index (κ2) is 11.1. The largest absolute Gasteiger partial charge is 0.394 e. The van der Waals surface area contributed by atoms with Gasteiger partial charge in [-0.2, -0.15) is 0 Å². The molecule has 3 fully saturated rings. The maximum atomic E-state index is 14.4. The maximum absolute atomic E-state index is 14.4. The monoisotopic (exact) mass is 557 g/mol. The van der Waals surface area contributed by atoms with Gasteiger partial charge in [0.2, 0.25) is 17.7 Å². The third kappa shape index (κ3) is 5.61. The predicted octanol–water partition coefficient (Wildman–Crippen LogP) is 3.78. The second-order valence-corrected chi connectivity index (χ2v) is 15.3. The summed E-state index contributed by atoms with van der Waals surface area (Å²) in [7, 11) is 0. The minimum absolute atomic E-state index is 0.0000424. The fourth-order valence-electron chi connectivity index (χ4n) is 7.73. The Morgan fingerprint density at radius 1 is 1.15 bits per heavy atom. The Balaban J connectivity index is 1.76. The normalized spacial score (nSPS) is 30.8. The van der Waals surface area contributed by atoms with Crippen LogP contribution in [-0.2, 0) is 20.8 Å². The van der Waals surface area contributed by atoms with Crippen molar-refractivity contribution in [2.24, 2.45) is 23.2 Å². The van der Waals surface area contributed by atoms with Crippen LogP contribution in [-0.4, -0.2) is 68.5 Å². The summed E-state index contributed by atoms with van der Waals surface area (Å²) in [6, 6.07) is 8.45. The Morgan fingerprint density at radius 3 is 2.41 bits per heavy atom. The molecule has 0 aliphatic carbocycles. The van der Waals surface area contributed by atoms with Crippen molar-refractivity contribution in [3.8, 4) is 0 Å². The molecule has 2 bridgehead atoms. The summed E-state index contributed by atoms with van der Waals surface area (Å²) >= 11 is 1.68. The number of hydrogen-bond acceptors (Lipinski definition) is 5. The molecule has 7 atom stereocenters. The molecule has 8 heteroatoms. The Kier molecular flexibility index (Phi) is 8.49. The molecule has 1 spiro atoms. The summed E-state index contributed by atoms with van der Waals surface area (Å²) in [5.74, 6) is -1.40. The highest BCUT2D eigenvalue weighted by Gasteiger charge is 2.76. The summed E-state index contributed by atoms with van der Waals surface area (Å²) in [5, 5.41) is 17.0. The van der Waals surface area contributed by atoms with Gasteiger partial charge in [0.1, 0.15) is 6.04 Å².